The molecule has 1 aromatic carbocycles. The van der Waals surface area contributed by atoms with E-state index in [4.69, 9.17) is 10.8 Å². The zero-order valence-corrected chi connectivity index (χ0v) is 18.2. The average molecular weight is 444 g/mol. The molecule has 4 aromatic rings. The lowest BCUT2D eigenvalue weighted by Gasteiger charge is -2.30. The Labute approximate surface area is 188 Å². The van der Waals surface area contributed by atoms with Gasteiger partial charge >= 0.3 is 0 Å². The van der Waals surface area contributed by atoms with Crippen LogP contribution in [0.1, 0.15) is 25.3 Å². The second-order valence-corrected chi connectivity index (χ2v) is 9.07. The quantitative estimate of drug-likeness (QED) is 0.382. The summed E-state index contributed by atoms with van der Waals surface area (Å²) < 4.78 is 3.08. The number of amides is 1. The van der Waals surface area contributed by atoms with Crippen molar-refractivity contribution < 1.29 is 4.79 Å². The van der Waals surface area contributed by atoms with Crippen LogP contribution in [0.5, 0.6) is 0 Å². The van der Waals surface area contributed by atoms with E-state index in [9.17, 15) is 4.79 Å². The first-order valence-corrected chi connectivity index (χ1v) is 11.5. The van der Waals surface area contributed by atoms with Crippen LogP contribution in [-0.4, -0.2) is 48.6 Å². The minimum Gasteiger partial charge on any atom is -0.383 e. The van der Waals surface area contributed by atoms with Gasteiger partial charge in [0, 0.05) is 18.7 Å². The molecule has 160 valence electrons. The van der Waals surface area contributed by atoms with Crippen LogP contribution < -0.4 is 5.73 Å². The van der Waals surface area contributed by atoms with E-state index in [1.165, 1.54) is 23.5 Å². The molecule has 1 aliphatic carbocycles. The standard InChI is InChI=1S/C23H21N7OS/c1-2-19(31)29-8-7-13-4-6-17(15(13)10-29)30-23-20(22(24)25-11-26-23)21(28-30)14-3-5-16-18(9-14)32-12-27-16/h2-3,5,9,11-12,17H,1,4,6-8,10H2,(H2,24,25,26). The van der Waals surface area contributed by atoms with E-state index in [-0.39, 0.29) is 11.9 Å². The number of carbonyl (C=O) groups is 1. The topological polar surface area (TPSA) is 103 Å². The Hall–Kier alpha value is -3.59. The maximum atomic E-state index is 12.3. The Kier molecular flexibility index (Phi) is 4.32. The molecule has 0 saturated heterocycles. The highest BCUT2D eigenvalue weighted by molar-refractivity contribution is 7.16. The summed E-state index contributed by atoms with van der Waals surface area (Å²) in [6, 6.07) is 6.16. The maximum absolute atomic E-state index is 12.3. The van der Waals surface area contributed by atoms with E-state index >= 15 is 0 Å². The summed E-state index contributed by atoms with van der Waals surface area (Å²) >= 11 is 1.60. The summed E-state index contributed by atoms with van der Waals surface area (Å²) in [5.74, 6) is 0.387. The average Bonchev–Trinajstić information content (AvgIpc) is 3.54. The van der Waals surface area contributed by atoms with Gasteiger partial charge in [-0.05, 0) is 43.0 Å². The number of nitrogens with zero attached hydrogens (tertiary/aromatic N) is 6. The van der Waals surface area contributed by atoms with E-state index < -0.39 is 0 Å². The fourth-order valence-electron chi connectivity index (χ4n) is 4.94. The zero-order valence-electron chi connectivity index (χ0n) is 17.4. The van der Waals surface area contributed by atoms with Gasteiger partial charge in [0.2, 0.25) is 5.91 Å². The third kappa shape index (κ3) is 2.85. The number of rotatable bonds is 3. The summed E-state index contributed by atoms with van der Waals surface area (Å²) in [7, 11) is 0. The van der Waals surface area contributed by atoms with Crippen molar-refractivity contribution in [3.8, 4) is 11.3 Å². The molecular formula is C23H21N7OS. The molecule has 2 N–H and O–H groups in total. The Morgan fingerprint density at radius 1 is 1.25 bits per heavy atom. The van der Waals surface area contributed by atoms with Gasteiger partial charge in [0.15, 0.2) is 5.65 Å². The van der Waals surface area contributed by atoms with Crippen molar-refractivity contribution in [3.05, 3.63) is 53.8 Å². The van der Waals surface area contributed by atoms with Crippen LogP contribution in [0.2, 0.25) is 0 Å². The SMILES string of the molecule is C=CC(=O)N1CCC2=C(C1)C(n1nc(-c3ccc4ncsc4c3)c3c(N)ncnc31)CC2. The molecule has 2 aliphatic rings. The van der Waals surface area contributed by atoms with Gasteiger partial charge in [-0.25, -0.2) is 19.6 Å². The highest BCUT2D eigenvalue weighted by atomic mass is 32.1. The first kappa shape index (κ1) is 19.1. The number of hydrogen-bond donors (Lipinski definition) is 1. The van der Waals surface area contributed by atoms with Crippen LogP contribution in [0.3, 0.4) is 0 Å². The van der Waals surface area contributed by atoms with Gasteiger partial charge in [-0.1, -0.05) is 18.2 Å². The molecule has 0 saturated carbocycles. The lowest BCUT2D eigenvalue weighted by molar-refractivity contribution is -0.125. The van der Waals surface area contributed by atoms with Crippen LogP contribution in [0, 0.1) is 0 Å². The van der Waals surface area contributed by atoms with Crippen LogP contribution in [0.25, 0.3) is 32.5 Å². The van der Waals surface area contributed by atoms with Crippen LogP contribution in [0.4, 0.5) is 5.82 Å². The Bertz CT molecular complexity index is 1430. The molecule has 9 heteroatoms. The van der Waals surface area contributed by atoms with Gasteiger partial charge in [-0.2, -0.15) is 5.10 Å². The molecule has 1 aliphatic heterocycles. The molecule has 0 fully saturated rings. The van der Waals surface area contributed by atoms with Crippen LogP contribution in [0.15, 0.2) is 53.8 Å². The Morgan fingerprint density at radius 2 is 2.16 bits per heavy atom. The summed E-state index contributed by atoms with van der Waals surface area (Å²) in [4.78, 5) is 27.3. The van der Waals surface area contributed by atoms with E-state index in [1.54, 1.807) is 11.3 Å². The first-order chi connectivity index (χ1) is 15.6. The summed E-state index contributed by atoms with van der Waals surface area (Å²) in [6.45, 7) is 4.99. The highest BCUT2D eigenvalue weighted by Crippen LogP contribution is 2.43. The van der Waals surface area contributed by atoms with Gasteiger partial charge in [0.05, 0.1) is 27.2 Å². The number of hydrogen-bond acceptors (Lipinski definition) is 7. The van der Waals surface area contributed by atoms with Gasteiger partial charge in [0.1, 0.15) is 17.8 Å². The van der Waals surface area contributed by atoms with E-state index in [0.29, 0.717) is 12.4 Å². The van der Waals surface area contributed by atoms with Gasteiger partial charge in [-0.3, -0.25) is 4.79 Å². The number of nitrogen functional groups attached to an aromatic ring is 1. The number of thiazole rings is 1. The molecular weight excluding hydrogens is 422 g/mol. The number of carbonyl (C=O) groups excluding carboxylic acids is 1. The number of nitrogens with two attached hydrogens (primary N) is 1. The molecule has 0 bridgehead atoms. The number of aromatic nitrogens is 5. The second kappa shape index (κ2) is 7.23. The number of benzene rings is 1. The summed E-state index contributed by atoms with van der Waals surface area (Å²) in [5.41, 5.74) is 14.3. The van der Waals surface area contributed by atoms with E-state index in [1.807, 2.05) is 27.2 Å². The predicted molar refractivity (Wildman–Crippen MR) is 125 cm³/mol. The first-order valence-electron chi connectivity index (χ1n) is 10.6. The molecule has 0 radical (unpaired) electrons. The molecule has 1 unspecified atom stereocenters. The third-order valence-electron chi connectivity index (χ3n) is 6.52. The molecule has 1 amide bonds. The summed E-state index contributed by atoms with van der Waals surface area (Å²) in [5, 5.41) is 5.80. The molecule has 0 spiro atoms. The largest absolute Gasteiger partial charge is 0.383 e. The summed E-state index contributed by atoms with van der Waals surface area (Å²) in [6.07, 6.45) is 5.73. The van der Waals surface area contributed by atoms with Crippen molar-refractivity contribution in [1.82, 2.24) is 29.6 Å². The van der Waals surface area contributed by atoms with E-state index in [2.05, 4.69) is 27.6 Å². The second-order valence-electron chi connectivity index (χ2n) is 8.18. The van der Waals surface area contributed by atoms with Crippen molar-refractivity contribution in [2.75, 3.05) is 18.8 Å². The fourth-order valence-corrected chi connectivity index (χ4v) is 5.66. The van der Waals surface area contributed by atoms with Crippen molar-refractivity contribution in [2.45, 2.75) is 25.3 Å². The number of anilines is 1. The zero-order chi connectivity index (χ0) is 21.8. The third-order valence-corrected chi connectivity index (χ3v) is 7.32. The fraction of sp³-hybridized carbons (Fsp3) is 0.261. The minimum absolute atomic E-state index is 0.0300. The van der Waals surface area contributed by atoms with Crippen LogP contribution in [-0.2, 0) is 4.79 Å². The molecule has 32 heavy (non-hydrogen) atoms. The Balaban J connectivity index is 1.49. The molecule has 4 heterocycles. The molecule has 1 atom stereocenters. The van der Waals surface area contributed by atoms with Gasteiger partial charge < -0.3 is 10.6 Å². The van der Waals surface area contributed by atoms with Gasteiger partial charge in [-0.15, -0.1) is 11.3 Å². The number of fused-ring (bicyclic) bond motifs is 2. The van der Waals surface area contributed by atoms with Gasteiger partial charge in [0.25, 0.3) is 0 Å². The van der Waals surface area contributed by atoms with Crippen molar-refractivity contribution >= 4 is 44.3 Å². The van der Waals surface area contributed by atoms with Crippen molar-refractivity contribution in [3.63, 3.8) is 0 Å². The maximum Gasteiger partial charge on any atom is 0.246 e. The molecule has 6 rings (SSSR count). The Morgan fingerprint density at radius 3 is 3.03 bits per heavy atom. The molecule has 8 nitrogen and oxygen atoms in total. The lowest BCUT2D eigenvalue weighted by atomic mass is 10.0. The molecule has 3 aromatic heterocycles. The van der Waals surface area contributed by atoms with E-state index in [0.717, 1.165) is 58.3 Å². The normalized spacial score (nSPS) is 18.5. The van der Waals surface area contributed by atoms with Crippen molar-refractivity contribution in [2.24, 2.45) is 0 Å². The lowest BCUT2D eigenvalue weighted by Crippen LogP contribution is -2.36. The van der Waals surface area contributed by atoms with Crippen molar-refractivity contribution in [1.29, 1.82) is 0 Å². The van der Waals surface area contributed by atoms with Crippen LogP contribution >= 0.6 is 11.3 Å². The monoisotopic (exact) mass is 443 g/mol. The predicted octanol–water partition coefficient (Wildman–Crippen LogP) is 3.74. The smallest absolute Gasteiger partial charge is 0.246 e. The highest BCUT2D eigenvalue weighted by Gasteiger charge is 2.34. The minimum atomic E-state index is -0.0300.